The summed E-state index contributed by atoms with van der Waals surface area (Å²) in [6, 6.07) is 8.41. The SMILES string of the molecule is O=S1(=O)CC[C@@H](N2CCN(Cn3cnc4ccccc43)CC2)C1. The lowest BCUT2D eigenvalue weighted by Crippen LogP contribution is -2.50. The quantitative estimate of drug-likeness (QED) is 0.831. The second-order valence-corrected chi connectivity index (χ2v) is 8.78. The summed E-state index contributed by atoms with van der Waals surface area (Å²) >= 11 is 0. The Morgan fingerprint density at radius 1 is 1.13 bits per heavy atom. The Hall–Kier alpha value is -1.44. The van der Waals surface area contributed by atoms with Crippen LogP contribution in [-0.4, -0.2) is 71.5 Å². The van der Waals surface area contributed by atoms with Gasteiger partial charge in [-0.3, -0.25) is 9.80 Å². The first-order valence-electron chi connectivity index (χ1n) is 8.17. The van der Waals surface area contributed by atoms with Gasteiger partial charge in [-0.15, -0.1) is 0 Å². The van der Waals surface area contributed by atoms with Crippen molar-refractivity contribution >= 4 is 20.9 Å². The van der Waals surface area contributed by atoms with E-state index >= 15 is 0 Å². The van der Waals surface area contributed by atoms with Crippen LogP contribution in [0, 0.1) is 0 Å². The van der Waals surface area contributed by atoms with E-state index in [0.717, 1.165) is 50.3 Å². The Morgan fingerprint density at radius 2 is 1.91 bits per heavy atom. The van der Waals surface area contributed by atoms with Crippen LogP contribution in [0.2, 0.25) is 0 Å². The summed E-state index contributed by atoms with van der Waals surface area (Å²) in [5.41, 5.74) is 2.19. The van der Waals surface area contributed by atoms with E-state index < -0.39 is 9.84 Å². The molecule has 0 bridgehead atoms. The van der Waals surface area contributed by atoms with Gasteiger partial charge in [0.2, 0.25) is 0 Å². The van der Waals surface area contributed by atoms with E-state index in [1.54, 1.807) is 0 Å². The lowest BCUT2D eigenvalue weighted by atomic mass is 10.2. The number of sulfone groups is 1. The van der Waals surface area contributed by atoms with Crippen LogP contribution in [-0.2, 0) is 16.5 Å². The molecular weight excluding hydrogens is 312 g/mol. The molecule has 2 aromatic rings. The van der Waals surface area contributed by atoms with Crippen LogP contribution in [0.4, 0.5) is 0 Å². The van der Waals surface area contributed by atoms with Gasteiger partial charge in [-0.25, -0.2) is 13.4 Å². The first-order valence-corrected chi connectivity index (χ1v) is 10.00. The summed E-state index contributed by atoms with van der Waals surface area (Å²) in [6.45, 7) is 4.70. The van der Waals surface area contributed by atoms with Gasteiger partial charge in [0.05, 0.1) is 35.5 Å². The molecule has 0 amide bonds. The fourth-order valence-corrected chi connectivity index (χ4v) is 5.43. The molecule has 7 heteroatoms. The average molecular weight is 334 g/mol. The molecule has 0 N–H and O–H groups in total. The van der Waals surface area contributed by atoms with Crippen LogP contribution in [0.3, 0.4) is 0 Å². The number of hydrogen-bond donors (Lipinski definition) is 0. The third-order valence-corrected chi connectivity index (χ3v) is 6.76. The second kappa shape index (κ2) is 5.89. The van der Waals surface area contributed by atoms with E-state index in [1.807, 2.05) is 24.5 Å². The van der Waals surface area contributed by atoms with Gasteiger partial charge in [0, 0.05) is 32.2 Å². The molecule has 3 heterocycles. The van der Waals surface area contributed by atoms with Gasteiger partial charge in [-0.2, -0.15) is 0 Å². The molecule has 0 spiro atoms. The zero-order chi connectivity index (χ0) is 15.9. The van der Waals surface area contributed by atoms with Gasteiger partial charge in [-0.05, 0) is 18.6 Å². The number of hydrogen-bond acceptors (Lipinski definition) is 5. The van der Waals surface area contributed by atoms with E-state index in [4.69, 9.17) is 0 Å². The van der Waals surface area contributed by atoms with E-state index in [2.05, 4.69) is 25.4 Å². The highest BCUT2D eigenvalue weighted by atomic mass is 32.2. The fraction of sp³-hybridized carbons (Fsp3) is 0.562. The van der Waals surface area contributed by atoms with Crippen LogP contribution >= 0.6 is 0 Å². The highest BCUT2D eigenvalue weighted by Gasteiger charge is 2.33. The van der Waals surface area contributed by atoms with Gasteiger partial charge in [0.15, 0.2) is 9.84 Å². The summed E-state index contributed by atoms with van der Waals surface area (Å²) in [4.78, 5) is 9.20. The molecule has 2 aliphatic rings. The van der Waals surface area contributed by atoms with Crippen molar-refractivity contribution in [2.24, 2.45) is 0 Å². The summed E-state index contributed by atoms with van der Waals surface area (Å²) in [5, 5.41) is 0. The van der Waals surface area contributed by atoms with Crippen molar-refractivity contribution in [3.63, 3.8) is 0 Å². The monoisotopic (exact) mass is 334 g/mol. The highest BCUT2D eigenvalue weighted by molar-refractivity contribution is 7.91. The Morgan fingerprint density at radius 3 is 2.65 bits per heavy atom. The molecule has 23 heavy (non-hydrogen) atoms. The van der Waals surface area contributed by atoms with Crippen LogP contribution in [0.5, 0.6) is 0 Å². The van der Waals surface area contributed by atoms with E-state index in [0.29, 0.717) is 11.5 Å². The molecule has 2 saturated heterocycles. The Labute approximate surface area is 136 Å². The molecule has 0 aliphatic carbocycles. The maximum atomic E-state index is 11.6. The number of piperazine rings is 1. The molecule has 4 rings (SSSR count). The lowest BCUT2D eigenvalue weighted by molar-refractivity contribution is 0.0857. The molecule has 1 aromatic heterocycles. The Balaban J connectivity index is 1.37. The average Bonchev–Trinajstić information content (AvgIpc) is 3.12. The smallest absolute Gasteiger partial charge is 0.151 e. The van der Waals surface area contributed by atoms with Crippen LogP contribution in [0.1, 0.15) is 6.42 Å². The van der Waals surface area contributed by atoms with E-state index in [9.17, 15) is 8.42 Å². The normalized spacial score (nSPS) is 26.0. The van der Waals surface area contributed by atoms with Crippen LogP contribution in [0.15, 0.2) is 30.6 Å². The number of benzene rings is 1. The van der Waals surface area contributed by atoms with Crippen molar-refractivity contribution in [1.29, 1.82) is 0 Å². The molecular formula is C16H22N4O2S. The lowest BCUT2D eigenvalue weighted by Gasteiger charge is -2.37. The minimum Gasteiger partial charge on any atom is -0.317 e. The van der Waals surface area contributed by atoms with E-state index in [1.165, 1.54) is 0 Å². The number of imidazole rings is 1. The van der Waals surface area contributed by atoms with Crippen molar-refractivity contribution in [3.05, 3.63) is 30.6 Å². The van der Waals surface area contributed by atoms with Gasteiger partial charge in [0.25, 0.3) is 0 Å². The number of nitrogens with zero attached hydrogens (tertiary/aromatic N) is 4. The van der Waals surface area contributed by atoms with E-state index in [-0.39, 0.29) is 6.04 Å². The molecule has 2 aliphatic heterocycles. The van der Waals surface area contributed by atoms with Crippen molar-refractivity contribution in [3.8, 4) is 0 Å². The van der Waals surface area contributed by atoms with Crippen LogP contribution in [0.25, 0.3) is 11.0 Å². The largest absolute Gasteiger partial charge is 0.317 e. The summed E-state index contributed by atoms with van der Waals surface area (Å²) in [7, 11) is -2.79. The molecule has 2 fully saturated rings. The van der Waals surface area contributed by atoms with Gasteiger partial charge >= 0.3 is 0 Å². The number of rotatable bonds is 3. The number of aromatic nitrogens is 2. The van der Waals surface area contributed by atoms with Crippen LogP contribution < -0.4 is 0 Å². The second-order valence-electron chi connectivity index (χ2n) is 6.56. The van der Waals surface area contributed by atoms with Crippen molar-refractivity contribution in [1.82, 2.24) is 19.4 Å². The van der Waals surface area contributed by atoms with Gasteiger partial charge in [0.1, 0.15) is 0 Å². The number of fused-ring (bicyclic) bond motifs is 1. The molecule has 1 atom stereocenters. The predicted molar refractivity (Wildman–Crippen MR) is 89.9 cm³/mol. The minimum atomic E-state index is -2.79. The molecule has 0 saturated carbocycles. The van der Waals surface area contributed by atoms with Gasteiger partial charge < -0.3 is 4.57 Å². The summed E-state index contributed by atoms with van der Waals surface area (Å²) in [6.07, 6.45) is 2.70. The maximum Gasteiger partial charge on any atom is 0.151 e. The standard InChI is InChI=1S/C16H22N4O2S/c21-23(22)10-5-14(11-23)19-8-6-18(7-9-19)13-20-12-17-15-3-1-2-4-16(15)20/h1-4,12,14H,5-11,13H2/t14-/m1/s1. The van der Waals surface area contributed by atoms with Crippen molar-refractivity contribution < 1.29 is 8.42 Å². The minimum absolute atomic E-state index is 0.233. The zero-order valence-electron chi connectivity index (χ0n) is 13.1. The molecule has 0 radical (unpaired) electrons. The Kier molecular flexibility index (Phi) is 3.87. The first-order chi connectivity index (χ1) is 11.1. The number of para-hydroxylation sites is 2. The predicted octanol–water partition coefficient (Wildman–Crippen LogP) is 0.798. The van der Waals surface area contributed by atoms with Crippen molar-refractivity contribution in [2.45, 2.75) is 19.1 Å². The van der Waals surface area contributed by atoms with Crippen molar-refractivity contribution in [2.75, 3.05) is 37.7 Å². The zero-order valence-corrected chi connectivity index (χ0v) is 14.0. The third-order valence-electron chi connectivity index (χ3n) is 5.01. The first kappa shape index (κ1) is 15.1. The third kappa shape index (κ3) is 3.13. The molecule has 0 unspecified atom stereocenters. The summed E-state index contributed by atoms with van der Waals surface area (Å²) < 4.78 is 25.5. The topological polar surface area (TPSA) is 58.4 Å². The van der Waals surface area contributed by atoms with Gasteiger partial charge in [-0.1, -0.05) is 12.1 Å². The highest BCUT2D eigenvalue weighted by Crippen LogP contribution is 2.20. The molecule has 1 aromatic carbocycles. The molecule has 6 nitrogen and oxygen atoms in total. The maximum absolute atomic E-state index is 11.6. The fourth-order valence-electron chi connectivity index (χ4n) is 3.67. The summed E-state index contributed by atoms with van der Waals surface area (Å²) in [5.74, 6) is 0.706. The Bertz CT molecular complexity index is 793. The molecule has 124 valence electrons.